The van der Waals surface area contributed by atoms with E-state index in [1.807, 2.05) is 11.6 Å². The third kappa shape index (κ3) is 2.17. The Morgan fingerprint density at radius 2 is 2.44 bits per heavy atom. The van der Waals surface area contributed by atoms with E-state index in [0.717, 1.165) is 19.0 Å². The maximum Gasteiger partial charge on any atom is 0.225 e. The molecular formula is C10H14N4S2. The molecule has 6 heteroatoms. The van der Waals surface area contributed by atoms with Crippen molar-refractivity contribution in [3.63, 3.8) is 0 Å². The summed E-state index contributed by atoms with van der Waals surface area (Å²) in [6.07, 6.45) is 0. The molecule has 0 aliphatic carbocycles. The van der Waals surface area contributed by atoms with Gasteiger partial charge in [-0.1, -0.05) is 6.07 Å². The summed E-state index contributed by atoms with van der Waals surface area (Å²) in [5.41, 5.74) is 0. The van der Waals surface area contributed by atoms with Crippen LogP contribution in [0.25, 0.3) is 0 Å². The smallest absolute Gasteiger partial charge is 0.225 e. The van der Waals surface area contributed by atoms with Gasteiger partial charge in [0.25, 0.3) is 0 Å². The fourth-order valence-electron chi connectivity index (χ4n) is 1.54. The molecule has 0 saturated heterocycles. The van der Waals surface area contributed by atoms with Gasteiger partial charge in [0.15, 0.2) is 4.77 Å². The summed E-state index contributed by atoms with van der Waals surface area (Å²) in [7, 11) is 1.93. The zero-order chi connectivity index (χ0) is 11.5. The molecule has 0 atom stereocenters. The van der Waals surface area contributed by atoms with Gasteiger partial charge in [-0.15, -0.1) is 16.4 Å². The Labute approximate surface area is 104 Å². The molecule has 0 bridgehead atoms. The topological polar surface area (TPSA) is 36.9 Å². The maximum absolute atomic E-state index is 5.11. The van der Waals surface area contributed by atoms with Crippen molar-refractivity contribution < 1.29 is 0 Å². The van der Waals surface area contributed by atoms with Gasteiger partial charge in [-0.3, -0.25) is 4.57 Å². The van der Waals surface area contributed by atoms with Gasteiger partial charge in [0, 0.05) is 18.5 Å². The molecule has 0 saturated carbocycles. The molecule has 0 spiro atoms. The van der Waals surface area contributed by atoms with Crippen LogP contribution in [0.2, 0.25) is 0 Å². The first-order chi connectivity index (χ1) is 7.72. The number of aromatic nitrogens is 3. The van der Waals surface area contributed by atoms with Crippen LogP contribution in [-0.2, 0) is 13.6 Å². The number of aromatic amines is 1. The summed E-state index contributed by atoms with van der Waals surface area (Å²) in [6.45, 7) is 3.90. The van der Waals surface area contributed by atoms with E-state index < -0.39 is 0 Å². The van der Waals surface area contributed by atoms with Gasteiger partial charge in [0.2, 0.25) is 5.95 Å². The van der Waals surface area contributed by atoms with E-state index in [0.29, 0.717) is 4.77 Å². The Balaban J connectivity index is 2.23. The van der Waals surface area contributed by atoms with Crippen molar-refractivity contribution in [3.05, 3.63) is 27.2 Å². The molecule has 0 aliphatic heterocycles. The third-order valence-electron chi connectivity index (χ3n) is 2.45. The van der Waals surface area contributed by atoms with E-state index >= 15 is 0 Å². The lowest BCUT2D eigenvalue weighted by atomic mass is 10.4. The SMILES string of the molecule is CCN(Cc1cccs1)c1n[nH]c(=S)n1C. The van der Waals surface area contributed by atoms with Crippen molar-refractivity contribution >= 4 is 29.5 Å². The Kier molecular flexibility index (Phi) is 3.40. The molecule has 86 valence electrons. The molecule has 1 N–H and O–H groups in total. The number of hydrogen-bond donors (Lipinski definition) is 1. The van der Waals surface area contributed by atoms with E-state index in [-0.39, 0.29) is 0 Å². The number of H-pyrrole nitrogens is 1. The van der Waals surface area contributed by atoms with E-state index in [4.69, 9.17) is 12.2 Å². The van der Waals surface area contributed by atoms with Gasteiger partial charge in [0.05, 0.1) is 6.54 Å². The monoisotopic (exact) mass is 254 g/mol. The molecule has 0 fully saturated rings. The number of thiophene rings is 1. The molecule has 0 aliphatic rings. The van der Waals surface area contributed by atoms with E-state index in [1.54, 1.807) is 11.3 Å². The average Bonchev–Trinajstić information content (AvgIpc) is 2.88. The molecule has 0 amide bonds. The van der Waals surface area contributed by atoms with Crippen LogP contribution < -0.4 is 4.90 Å². The highest BCUT2D eigenvalue weighted by atomic mass is 32.1. The molecule has 4 nitrogen and oxygen atoms in total. The first-order valence-corrected chi connectivity index (χ1v) is 6.40. The largest absolute Gasteiger partial charge is 0.336 e. The molecule has 16 heavy (non-hydrogen) atoms. The van der Waals surface area contributed by atoms with Gasteiger partial charge in [0.1, 0.15) is 0 Å². The second-order valence-electron chi connectivity index (χ2n) is 3.48. The lowest BCUT2D eigenvalue weighted by Crippen LogP contribution is -2.24. The molecule has 2 aromatic heterocycles. The minimum atomic E-state index is 0.652. The standard InChI is InChI=1S/C10H14N4S2/c1-3-14(7-8-5-4-6-16-8)9-11-12-10(15)13(9)2/h4-6H,3,7H2,1-2H3,(H,12,15). The van der Waals surface area contributed by atoms with Gasteiger partial charge in [-0.25, -0.2) is 5.10 Å². The fourth-order valence-corrected chi connectivity index (χ4v) is 2.38. The zero-order valence-electron chi connectivity index (χ0n) is 9.30. The molecular weight excluding hydrogens is 240 g/mol. The Morgan fingerprint density at radius 3 is 2.94 bits per heavy atom. The number of hydrogen-bond acceptors (Lipinski definition) is 4. The van der Waals surface area contributed by atoms with Crippen LogP contribution >= 0.6 is 23.6 Å². The maximum atomic E-state index is 5.11. The zero-order valence-corrected chi connectivity index (χ0v) is 10.9. The van der Waals surface area contributed by atoms with E-state index in [2.05, 4.69) is 39.5 Å². The average molecular weight is 254 g/mol. The molecule has 2 aromatic rings. The number of rotatable bonds is 4. The predicted octanol–water partition coefficient (Wildman–Crippen LogP) is 2.57. The highest BCUT2D eigenvalue weighted by Gasteiger charge is 2.11. The van der Waals surface area contributed by atoms with Gasteiger partial charge in [-0.2, -0.15) is 0 Å². The van der Waals surface area contributed by atoms with Gasteiger partial charge >= 0.3 is 0 Å². The van der Waals surface area contributed by atoms with Crippen LogP contribution in [0.15, 0.2) is 17.5 Å². The van der Waals surface area contributed by atoms with Crippen molar-refractivity contribution in [1.82, 2.24) is 14.8 Å². The summed E-state index contributed by atoms with van der Waals surface area (Å²) in [6, 6.07) is 4.20. The van der Waals surface area contributed by atoms with E-state index in [1.165, 1.54) is 4.88 Å². The highest BCUT2D eigenvalue weighted by molar-refractivity contribution is 7.71. The summed E-state index contributed by atoms with van der Waals surface area (Å²) in [5.74, 6) is 0.890. The van der Waals surface area contributed by atoms with E-state index in [9.17, 15) is 0 Å². The van der Waals surface area contributed by atoms with Crippen LogP contribution in [0.1, 0.15) is 11.8 Å². The van der Waals surface area contributed by atoms with Crippen LogP contribution in [0.5, 0.6) is 0 Å². The minimum Gasteiger partial charge on any atom is -0.336 e. The predicted molar refractivity (Wildman–Crippen MR) is 69.4 cm³/mol. The number of nitrogens with zero attached hydrogens (tertiary/aromatic N) is 3. The quantitative estimate of drug-likeness (QED) is 0.852. The molecule has 2 heterocycles. The highest BCUT2D eigenvalue weighted by Crippen LogP contribution is 2.16. The summed E-state index contributed by atoms with van der Waals surface area (Å²) in [4.78, 5) is 3.52. The molecule has 0 unspecified atom stereocenters. The first kappa shape index (κ1) is 11.3. The van der Waals surface area contributed by atoms with Crippen LogP contribution in [0.4, 0.5) is 5.95 Å². The van der Waals surface area contributed by atoms with Crippen LogP contribution in [-0.4, -0.2) is 21.3 Å². The Bertz CT molecular complexity index is 497. The van der Waals surface area contributed by atoms with Crippen molar-refractivity contribution in [2.75, 3.05) is 11.4 Å². The van der Waals surface area contributed by atoms with Crippen molar-refractivity contribution in [2.45, 2.75) is 13.5 Å². The third-order valence-corrected chi connectivity index (χ3v) is 3.67. The second-order valence-corrected chi connectivity index (χ2v) is 4.90. The summed E-state index contributed by atoms with van der Waals surface area (Å²) in [5, 5.41) is 9.14. The minimum absolute atomic E-state index is 0.652. The number of nitrogens with one attached hydrogen (secondary N) is 1. The summed E-state index contributed by atoms with van der Waals surface area (Å²) < 4.78 is 2.55. The lowest BCUT2D eigenvalue weighted by Gasteiger charge is -2.20. The summed E-state index contributed by atoms with van der Waals surface area (Å²) >= 11 is 6.87. The molecule has 2 rings (SSSR count). The second kappa shape index (κ2) is 4.80. The lowest BCUT2D eigenvalue weighted by molar-refractivity contribution is 0.756. The van der Waals surface area contributed by atoms with Crippen molar-refractivity contribution in [1.29, 1.82) is 0 Å². The normalized spacial score (nSPS) is 10.6. The number of anilines is 1. The first-order valence-electron chi connectivity index (χ1n) is 5.11. The van der Waals surface area contributed by atoms with Crippen LogP contribution in [0.3, 0.4) is 0 Å². The van der Waals surface area contributed by atoms with Crippen molar-refractivity contribution in [2.24, 2.45) is 7.05 Å². The molecule has 0 aromatic carbocycles. The Morgan fingerprint density at radius 1 is 1.62 bits per heavy atom. The van der Waals surface area contributed by atoms with Crippen molar-refractivity contribution in [3.8, 4) is 0 Å². The van der Waals surface area contributed by atoms with Gasteiger partial charge < -0.3 is 4.90 Å². The Hall–Kier alpha value is -1.14. The fraction of sp³-hybridized carbons (Fsp3) is 0.400. The van der Waals surface area contributed by atoms with Crippen LogP contribution in [0, 0.1) is 4.77 Å². The van der Waals surface area contributed by atoms with Gasteiger partial charge in [-0.05, 0) is 30.6 Å². The molecule has 0 radical (unpaired) electrons.